The van der Waals surface area contributed by atoms with Gasteiger partial charge in [-0.05, 0) is 31.7 Å². The molecule has 26 heavy (non-hydrogen) atoms. The summed E-state index contributed by atoms with van der Waals surface area (Å²) in [5.74, 6) is -0.444. The van der Waals surface area contributed by atoms with Gasteiger partial charge in [0, 0.05) is 12.0 Å². The lowest BCUT2D eigenvalue weighted by Gasteiger charge is -2.13. The van der Waals surface area contributed by atoms with Crippen molar-refractivity contribution < 1.29 is 24.5 Å². The predicted octanol–water partition coefficient (Wildman–Crippen LogP) is 5.10. The molecule has 0 amide bonds. The molecule has 0 aliphatic carbocycles. The van der Waals surface area contributed by atoms with Crippen LogP contribution in [0.5, 0.6) is 11.5 Å². The predicted molar refractivity (Wildman–Crippen MR) is 102 cm³/mol. The maximum atomic E-state index is 11.1. The molecule has 0 atom stereocenters. The number of esters is 1. The molecule has 6 heteroatoms. The number of unbranched alkanes of at least 4 members (excludes halogenated alkanes) is 6. The summed E-state index contributed by atoms with van der Waals surface area (Å²) in [4.78, 5) is 22.1. The summed E-state index contributed by atoms with van der Waals surface area (Å²) in [6.07, 6.45) is 8.39. The van der Waals surface area contributed by atoms with E-state index in [1.807, 2.05) is 0 Å². The molecular weight excluding hydrogens is 356 g/mol. The van der Waals surface area contributed by atoms with Crippen molar-refractivity contribution in [3.8, 4) is 11.5 Å². The van der Waals surface area contributed by atoms with Crippen LogP contribution in [0.2, 0.25) is 5.02 Å². The lowest BCUT2D eigenvalue weighted by molar-refractivity contribution is -0.143. The fourth-order valence-electron chi connectivity index (χ4n) is 2.84. The van der Waals surface area contributed by atoms with Crippen molar-refractivity contribution in [2.75, 3.05) is 6.61 Å². The Balaban J connectivity index is 2.27. The zero-order valence-electron chi connectivity index (χ0n) is 15.6. The van der Waals surface area contributed by atoms with Crippen molar-refractivity contribution in [1.29, 1.82) is 0 Å². The van der Waals surface area contributed by atoms with Gasteiger partial charge in [-0.1, -0.05) is 50.6 Å². The van der Waals surface area contributed by atoms with Crippen LogP contribution >= 0.6 is 11.6 Å². The van der Waals surface area contributed by atoms with Gasteiger partial charge >= 0.3 is 5.97 Å². The number of hydrogen-bond acceptors (Lipinski definition) is 5. The van der Waals surface area contributed by atoms with Gasteiger partial charge in [0.05, 0.1) is 17.2 Å². The van der Waals surface area contributed by atoms with Gasteiger partial charge in [0.25, 0.3) is 0 Å². The minimum absolute atomic E-state index is 0.128. The number of halogens is 1. The van der Waals surface area contributed by atoms with E-state index in [-0.39, 0.29) is 28.1 Å². The van der Waals surface area contributed by atoms with Gasteiger partial charge in [0.2, 0.25) is 0 Å². The van der Waals surface area contributed by atoms with E-state index in [2.05, 4.69) is 0 Å². The Kier molecular flexibility index (Phi) is 10.1. The van der Waals surface area contributed by atoms with Crippen LogP contribution in [0.3, 0.4) is 0 Å². The molecule has 0 bridgehead atoms. The van der Waals surface area contributed by atoms with Crippen molar-refractivity contribution in [3.05, 3.63) is 21.7 Å². The number of ether oxygens (including phenoxy) is 1. The summed E-state index contributed by atoms with van der Waals surface area (Å²) in [6, 6.07) is 0. The Hall–Kier alpha value is -1.75. The first-order chi connectivity index (χ1) is 12.4. The smallest absolute Gasteiger partial charge is 0.305 e. The van der Waals surface area contributed by atoms with Crippen molar-refractivity contribution in [3.63, 3.8) is 0 Å². The highest BCUT2D eigenvalue weighted by Crippen LogP contribution is 2.40. The van der Waals surface area contributed by atoms with Crippen LogP contribution in [-0.4, -0.2) is 29.1 Å². The molecule has 1 rings (SSSR count). The van der Waals surface area contributed by atoms with Crippen molar-refractivity contribution in [2.45, 2.75) is 71.6 Å². The summed E-state index contributed by atoms with van der Waals surface area (Å²) in [7, 11) is 0. The second-order valence-electron chi connectivity index (χ2n) is 6.45. The average molecular weight is 385 g/mol. The molecule has 0 aromatic heterocycles. The van der Waals surface area contributed by atoms with Gasteiger partial charge in [-0.15, -0.1) is 0 Å². The van der Waals surface area contributed by atoms with Crippen molar-refractivity contribution in [2.24, 2.45) is 0 Å². The minimum atomic E-state index is -0.166. The van der Waals surface area contributed by atoms with E-state index in [9.17, 15) is 19.8 Å². The van der Waals surface area contributed by atoms with Crippen LogP contribution in [-0.2, 0) is 16.0 Å². The molecule has 146 valence electrons. The standard InChI is InChI=1S/C20H29ClO5/c1-3-17(23)26-12-10-8-6-4-5-7-9-11-15-19(24)16(13-22)14(2)18(21)20(15)25/h13,24-25H,3-12H2,1-2H3. The third-order valence-corrected chi connectivity index (χ3v) is 4.97. The summed E-state index contributed by atoms with van der Waals surface area (Å²) >= 11 is 6.04. The Morgan fingerprint density at radius 2 is 1.62 bits per heavy atom. The molecule has 5 nitrogen and oxygen atoms in total. The molecule has 0 unspecified atom stereocenters. The number of hydrogen-bond donors (Lipinski definition) is 2. The zero-order valence-corrected chi connectivity index (χ0v) is 16.4. The minimum Gasteiger partial charge on any atom is -0.507 e. The van der Waals surface area contributed by atoms with Crippen LogP contribution < -0.4 is 0 Å². The van der Waals surface area contributed by atoms with Crippen LogP contribution in [0.15, 0.2) is 0 Å². The normalized spacial score (nSPS) is 10.7. The number of benzene rings is 1. The number of aldehydes is 1. The third-order valence-electron chi connectivity index (χ3n) is 4.51. The molecule has 0 heterocycles. The first-order valence-corrected chi connectivity index (χ1v) is 9.65. The lowest BCUT2D eigenvalue weighted by Crippen LogP contribution is -2.03. The molecular formula is C20H29ClO5. The van der Waals surface area contributed by atoms with E-state index in [1.165, 1.54) is 0 Å². The Labute approximate surface area is 160 Å². The molecule has 0 aliphatic heterocycles. The molecule has 0 radical (unpaired) electrons. The van der Waals surface area contributed by atoms with Gasteiger partial charge in [-0.3, -0.25) is 9.59 Å². The van der Waals surface area contributed by atoms with Crippen LogP contribution in [0.25, 0.3) is 0 Å². The van der Waals surface area contributed by atoms with Gasteiger partial charge in [-0.25, -0.2) is 0 Å². The fraction of sp³-hybridized carbons (Fsp3) is 0.600. The SMILES string of the molecule is CCC(=O)OCCCCCCCCCc1c(O)c(Cl)c(C)c(C=O)c1O. The summed E-state index contributed by atoms with van der Waals surface area (Å²) in [5.41, 5.74) is 0.886. The maximum Gasteiger partial charge on any atom is 0.305 e. The Bertz CT molecular complexity index is 613. The Morgan fingerprint density at radius 1 is 1.04 bits per heavy atom. The largest absolute Gasteiger partial charge is 0.507 e. The van der Waals surface area contributed by atoms with E-state index >= 15 is 0 Å². The van der Waals surface area contributed by atoms with Crippen LogP contribution in [0.1, 0.15) is 79.8 Å². The molecule has 0 spiro atoms. The molecule has 1 aromatic rings. The van der Waals surface area contributed by atoms with E-state index in [0.29, 0.717) is 36.9 Å². The molecule has 0 aliphatic rings. The van der Waals surface area contributed by atoms with Crippen LogP contribution in [0.4, 0.5) is 0 Å². The summed E-state index contributed by atoms with van der Waals surface area (Å²) in [5, 5.41) is 20.4. The number of carbonyl (C=O) groups excluding carboxylic acids is 2. The number of phenols is 2. The highest BCUT2D eigenvalue weighted by atomic mass is 35.5. The van der Waals surface area contributed by atoms with Gasteiger partial charge < -0.3 is 14.9 Å². The van der Waals surface area contributed by atoms with E-state index in [4.69, 9.17) is 16.3 Å². The average Bonchev–Trinajstić information content (AvgIpc) is 2.64. The number of aromatic hydroxyl groups is 2. The lowest BCUT2D eigenvalue weighted by atomic mass is 9.98. The fourth-order valence-corrected chi connectivity index (χ4v) is 3.05. The second-order valence-corrected chi connectivity index (χ2v) is 6.82. The van der Waals surface area contributed by atoms with E-state index < -0.39 is 0 Å². The van der Waals surface area contributed by atoms with Gasteiger partial charge in [-0.2, -0.15) is 0 Å². The van der Waals surface area contributed by atoms with E-state index in [1.54, 1.807) is 13.8 Å². The van der Waals surface area contributed by atoms with Crippen molar-refractivity contribution in [1.82, 2.24) is 0 Å². The summed E-state index contributed by atoms with van der Waals surface area (Å²) in [6.45, 7) is 3.88. The number of carbonyl (C=O) groups is 2. The van der Waals surface area contributed by atoms with Crippen LogP contribution in [0, 0.1) is 6.92 Å². The summed E-state index contributed by atoms with van der Waals surface area (Å²) < 4.78 is 5.02. The maximum absolute atomic E-state index is 11.1. The highest BCUT2D eigenvalue weighted by Gasteiger charge is 2.19. The zero-order chi connectivity index (χ0) is 19.5. The highest BCUT2D eigenvalue weighted by molar-refractivity contribution is 6.33. The molecule has 0 fully saturated rings. The first-order valence-electron chi connectivity index (χ1n) is 9.27. The van der Waals surface area contributed by atoms with Gasteiger partial charge in [0.15, 0.2) is 6.29 Å². The number of rotatable bonds is 12. The van der Waals surface area contributed by atoms with Crippen molar-refractivity contribution >= 4 is 23.9 Å². The molecule has 2 N–H and O–H groups in total. The quantitative estimate of drug-likeness (QED) is 0.297. The monoisotopic (exact) mass is 384 g/mol. The molecule has 1 aromatic carbocycles. The molecule has 0 saturated carbocycles. The molecule has 0 saturated heterocycles. The van der Waals surface area contributed by atoms with E-state index in [0.717, 1.165) is 44.9 Å². The van der Waals surface area contributed by atoms with Gasteiger partial charge in [0.1, 0.15) is 11.5 Å². The first kappa shape index (κ1) is 22.3. The topological polar surface area (TPSA) is 83.8 Å². The Morgan fingerprint density at radius 3 is 2.19 bits per heavy atom. The second kappa shape index (κ2) is 11.8. The third kappa shape index (κ3) is 6.52. The number of phenolic OH excluding ortho intramolecular Hbond substituents is 2.